The Morgan fingerprint density at radius 3 is 2.38 bits per heavy atom. The van der Waals surface area contributed by atoms with Gasteiger partial charge in [-0.2, -0.15) is 5.10 Å². The smallest absolute Gasteiger partial charge is 0.399 e. The van der Waals surface area contributed by atoms with Gasteiger partial charge in [-0.1, -0.05) is 12.1 Å². The van der Waals surface area contributed by atoms with Crippen LogP contribution in [-0.4, -0.2) is 34.4 Å². The molecule has 0 aliphatic carbocycles. The Hall–Kier alpha value is -1.66. The van der Waals surface area contributed by atoms with Gasteiger partial charge < -0.3 is 9.31 Å². The van der Waals surface area contributed by atoms with Crippen LogP contribution in [0.1, 0.15) is 38.2 Å². The molecule has 1 aromatic carbocycles. The van der Waals surface area contributed by atoms with Crippen LogP contribution in [0.15, 0.2) is 18.2 Å². The van der Waals surface area contributed by atoms with Crippen molar-refractivity contribution >= 4 is 29.8 Å². The molecule has 0 atom stereocenters. The van der Waals surface area contributed by atoms with Crippen LogP contribution < -0.4 is 5.46 Å². The molecule has 0 radical (unpaired) electrons. The molecular formula is C15H19BN2O3. The number of hydrogen-bond acceptors (Lipinski definition) is 4. The first-order valence-corrected chi connectivity index (χ1v) is 7.03. The average Bonchev–Trinajstić information content (AvgIpc) is 2.84. The number of carbonyl (C=O) groups excluding carboxylic acids is 1. The highest BCUT2D eigenvalue weighted by Gasteiger charge is 2.51. The van der Waals surface area contributed by atoms with E-state index in [9.17, 15) is 4.79 Å². The molecule has 1 aliphatic heterocycles. The van der Waals surface area contributed by atoms with E-state index in [2.05, 4.69) is 5.10 Å². The fraction of sp³-hybridized carbons (Fsp3) is 0.467. The molecule has 21 heavy (non-hydrogen) atoms. The third-order valence-electron chi connectivity index (χ3n) is 4.54. The Balaban J connectivity index is 2.03. The maximum absolute atomic E-state index is 11.0. The van der Waals surface area contributed by atoms with Crippen molar-refractivity contribution in [2.45, 2.75) is 38.9 Å². The quantitative estimate of drug-likeness (QED) is 0.622. The number of nitrogens with zero attached hydrogens (tertiary/aromatic N) is 2. The second-order valence-electron chi connectivity index (χ2n) is 6.49. The van der Waals surface area contributed by atoms with E-state index in [1.807, 2.05) is 52.9 Å². The van der Waals surface area contributed by atoms with E-state index in [1.54, 1.807) is 4.68 Å². The Morgan fingerprint density at radius 1 is 1.19 bits per heavy atom. The predicted octanol–water partition coefficient (Wildman–Crippen LogP) is 1.68. The third-order valence-corrected chi connectivity index (χ3v) is 4.54. The number of aryl methyl sites for hydroxylation is 1. The van der Waals surface area contributed by atoms with Gasteiger partial charge >= 0.3 is 7.12 Å². The number of benzene rings is 1. The van der Waals surface area contributed by atoms with Gasteiger partial charge in [-0.15, -0.1) is 0 Å². The number of aromatic nitrogens is 2. The topological polar surface area (TPSA) is 53.4 Å². The van der Waals surface area contributed by atoms with Gasteiger partial charge in [0.1, 0.15) is 5.69 Å². The fourth-order valence-electron chi connectivity index (χ4n) is 2.52. The summed E-state index contributed by atoms with van der Waals surface area (Å²) in [5, 5.41) is 5.04. The summed E-state index contributed by atoms with van der Waals surface area (Å²) in [4.78, 5) is 11.0. The van der Waals surface area contributed by atoms with E-state index in [4.69, 9.17) is 9.31 Å². The van der Waals surface area contributed by atoms with Crippen molar-refractivity contribution in [3.63, 3.8) is 0 Å². The van der Waals surface area contributed by atoms with Crippen LogP contribution in [0.25, 0.3) is 10.9 Å². The molecule has 1 aromatic heterocycles. The molecule has 1 fully saturated rings. The minimum Gasteiger partial charge on any atom is -0.399 e. The first kappa shape index (κ1) is 14.3. The third kappa shape index (κ3) is 2.10. The van der Waals surface area contributed by atoms with Gasteiger partial charge in [0.15, 0.2) is 6.29 Å². The Bertz CT molecular complexity index is 705. The summed E-state index contributed by atoms with van der Waals surface area (Å²) in [5.41, 5.74) is 1.54. The lowest BCUT2D eigenvalue weighted by atomic mass is 9.79. The second-order valence-corrected chi connectivity index (χ2v) is 6.49. The average molecular weight is 286 g/mol. The van der Waals surface area contributed by atoms with E-state index < -0.39 is 7.12 Å². The van der Waals surface area contributed by atoms with Gasteiger partial charge in [-0.3, -0.25) is 9.48 Å². The largest absolute Gasteiger partial charge is 0.494 e. The molecule has 0 amide bonds. The van der Waals surface area contributed by atoms with Gasteiger partial charge in [0, 0.05) is 12.4 Å². The predicted molar refractivity (Wildman–Crippen MR) is 81.8 cm³/mol. The van der Waals surface area contributed by atoms with Crippen molar-refractivity contribution in [3.05, 3.63) is 23.9 Å². The zero-order chi connectivity index (χ0) is 15.4. The lowest BCUT2D eigenvalue weighted by molar-refractivity contribution is 0.00578. The minimum atomic E-state index is -0.408. The molecular weight excluding hydrogens is 267 g/mol. The summed E-state index contributed by atoms with van der Waals surface area (Å²) in [6.45, 7) is 8.11. The number of aldehydes is 1. The first-order chi connectivity index (χ1) is 9.75. The highest BCUT2D eigenvalue weighted by Crippen LogP contribution is 2.36. The van der Waals surface area contributed by atoms with Crippen molar-refractivity contribution in [1.82, 2.24) is 9.78 Å². The maximum Gasteiger partial charge on any atom is 0.494 e. The minimum absolute atomic E-state index is 0.368. The molecule has 5 nitrogen and oxygen atoms in total. The normalized spacial score (nSPS) is 20.1. The lowest BCUT2D eigenvalue weighted by Crippen LogP contribution is -2.41. The summed E-state index contributed by atoms with van der Waals surface area (Å²) in [6, 6.07) is 5.79. The maximum atomic E-state index is 11.0. The van der Waals surface area contributed by atoms with Crippen molar-refractivity contribution < 1.29 is 14.1 Å². The van der Waals surface area contributed by atoms with Gasteiger partial charge in [0.05, 0.1) is 16.7 Å². The Morgan fingerprint density at radius 2 is 1.81 bits per heavy atom. The summed E-state index contributed by atoms with van der Waals surface area (Å²) in [6.07, 6.45) is 0.775. The Labute approximate surface area is 124 Å². The molecule has 6 heteroatoms. The molecule has 0 N–H and O–H groups in total. The van der Waals surface area contributed by atoms with Crippen LogP contribution >= 0.6 is 0 Å². The van der Waals surface area contributed by atoms with Crippen molar-refractivity contribution in [3.8, 4) is 0 Å². The molecule has 2 heterocycles. The van der Waals surface area contributed by atoms with Gasteiger partial charge in [-0.25, -0.2) is 0 Å². The van der Waals surface area contributed by atoms with E-state index in [-0.39, 0.29) is 11.2 Å². The van der Waals surface area contributed by atoms with Crippen LogP contribution in [0.3, 0.4) is 0 Å². The van der Waals surface area contributed by atoms with Crippen LogP contribution in [0, 0.1) is 0 Å². The Kier molecular flexibility index (Phi) is 3.01. The molecule has 0 bridgehead atoms. The standard InChI is InChI=1S/C15H19BN2O3/c1-14(2)15(3,4)21-16(20-14)10-6-7-11-12(9-19)17-18(5)13(11)8-10/h6-9H,1-5H3. The molecule has 1 saturated heterocycles. The summed E-state index contributed by atoms with van der Waals surface area (Å²) in [7, 11) is 1.41. The molecule has 2 aromatic rings. The molecule has 0 saturated carbocycles. The monoisotopic (exact) mass is 286 g/mol. The molecule has 3 rings (SSSR count). The highest BCUT2D eigenvalue weighted by molar-refractivity contribution is 6.62. The molecule has 110 valence electrons. The van der Waals surface area contributed by atoms with Crippen molar-refractivity contribution in [2.24, 2.45) is 7.05 Å². The molecule has 1 aliphatic rings. The zero-order valence-electron chi connectivity index (χ0n) is 13.0. The van der Waals surface area contributed by atoms with Crippen LogP contribution in [0.5, 0.6) is 0 Å². The van der Waals surface area contributed by atoms with Gasteiger partial charge in [0.2, 0.25) is 0 Å². The van der Waals surface area contributed by atoms with Crippen LogP contribution in [0.4, 0.5) is 0 Å². The number of rotatable bonds is 2. The fourth-order valence-corrected chi connectivity index (χ4v) is 2.52. The van der Waals surface area contributed by atoms with E-state index >= 15 is 0 Å². The second kappa shape index (κ2) is 4.42. The molecule has 0 unspecified atom stereocenters. The number of hydrogen-bond donors (Lipinski definition) is 0. The van der Waals surface area contributed by atoms with Gasteiger partial charge in [-0.05, 0) is 39.2 Å². The van der Waals surface area contributed by atoms with E-state index in [1.165, 1.54) is 0 Å². The van der Waals surface area contributed by atoms with E-state index in [0.717, 1.165) is 22.7 Å². The zero-order valence-corrected chi connectivity index (χ0v) is 13.0. The van der Waals surface area contributed by atoms with Crippen molar-refractivity contribution in [1.29, 1.82) is 0 Å². The lowest BCUT2D eigenvalue weighted by Gasteiger charge is -2.32. The summed E-state index contributed by atoms with van der Waals surface area (Å²) < 4.78 is 13.8. The molecule has 0 spiro atoms. The SMILES string of the molecule is Cn1nc(C=O)c2ccc(B3OC(C)(C)C(C)(C)O3)cc21. The summed E-state index contributed by atoms with van der Waals surface area (Å²) in [5.74, 6) is 0. The first-order valence-electron chi connectivity index (χ1n) is 7.03. The van der Waals surface area contributed by atoms with Crippen LogP contribution in [0.2, 0.25) is 0 Å². The van der Waals surface area contributed by atoms with Gasteiger partial charge in [0.25, 0.3) is 0 Å². The number of fused-ring (bicyclic) bond motifs is 1. The highest BCUT2D eigenvalue weighted by atomic mass is 16.7. The van der Waals surface area contributed by atoms with Crippen molar-refractivity contribution in [2.75, 3.05) is 0 Å². The summed E-state index contributed by atoms with van der Waals surface area (Å²) >= 11 is 0. The van der Waals surface area contributed by atoms with E-state index in [0.29, 0.717) is 5.69 Å². The van der Waals surface area contributed by atoms with Crippen LogP contribution in [-0.2, 0) is 16.4 Å². The number of carbonyl (C=O) groups is 1.